The van der Waals surface area contributed by atoms with Crippen LogP contribution in [0.25, 0.3) is 0 Å². The first-order valence-electron chi connectivity index (χ1n) is 5.05. The molecular weight excluding hydrogens is 150 g/mol. The molecule has 1 saturated carbocycles. The number of hydrogen-bond donors (Lipinski definition) is 2. The van der Waals surface area contributed by atoms with E-state index in [1.54, 1.807) is 0 Å². The number of nitrogens with one attached hydrogen (secondary N) is 1. The average molecular weight is 171 g/mol. The molecule has 0 bridgehead atoms. The first-order valence-corrected chi connectivity index (χ1v) is 5.05. The molecular formula is C10H21NO. The van der Waals surface area contributed by atoms with Crippen molar-refractivity contribution in [2.75, 3.05) is 19.7 Å². The topological polar surface area (TPSA) is 32.3 Å². The average Bonchev–Trinajstić information content (AvgIpc) is 1.93. The van der Waals surface area contributed by atoms with Gasteiger partial charge in [-0.1, -0.05) is 13.8 Å². The van der Waals surface area contributed by atoms with Crippen molar-refractivity contribution >= 4 is 0 Å². The van der Waals surface area contributed by atoms with E-state index in [9.17, 15) is 0 Å². The van der Waals surface area contributed by atoms with Crippen LogP contribution < -0.4 is 5.32 Å². The Morgan fingerprint density at radius 3 is 2.58 bits per heavy atom. The Hall–Kier alpha value is -0.0800. The molecule has 1 aliphatic carbocycles. The second kappa shape index (κ2) is 4.83. The van der Waals surface area contributed by atoms with Crippen molar-refractivity contribution in [2.24, 2.45) is 17.8 Å². The van der Waals surface area contributed by atoms with E-state index in [0.717, 1.165) is 30.8 Å². The van der Waals surface area contributed by atoms with Crippen LogP contribution in [0.3, 0.4) is 0 Å². The highest BCUT2D eigenvalue weighted by Crippen LogP contribution is 2.38. The first kappa shape index (κ1) is 10.0. The molecule has 0 amide bonds. The van der Waals surface area contributed by atoms with Crippen LogP contribution in [0.1, 0.15) is 26.7 Å². The molecule has 0 spiro atoms. The Bertz CT molecular complexity index is 119. The predicted octanol–water partition coefficient (Wildman–Crippen LogP) is 1.25. The molecule has 0 aliphatic heterocycles. The minimum absolute atomic E-state index is 0.264. The smallest absolute Gasteiger partial charge is 0.0555 e. The molecule has 0 heterocycles. The van der Waals surface area contributed by atoms with Gasteiger partial charge in [-0.05, 0) is 37.1 Å². The highest BCUT2D eigenvalue weighted by molar-refractivity contribution is 4.82. The summed E-state index contributed by atoms with van der Waals surface area (Å²) in [6.07, 6.45) is 2.77. The molecule has 0 radical (unpaired) electrons. The molecule has 0 aromatic carbocycles. The Kier molecular flexibility index (Phi) is 4.02. The molecule has 0 saturated heterocycles. The Labute approximate surface area is 75.4 Å². The van der Waals surface area contributed by atoms with Crippen LogP contribution in [0.15, 0.2) is 0 Å². The van der Waals surface area contributed by atoms with Gasteiger partial charge < -0.3 is 10.4 Å². The molecule has 0 unspecified atom stereocenters. The number of rotatable bonds is 5. The van der Waals surface area contributed by atoms with Gasteiger partial charge >= 0.3 is 0 Å². The minimum Gasteiger partial charge on any atom is -0.395 e. The van der Waals surface area contributed by atoms with Crippen molar-refractivity contribution in [3.05, 3.63) is 0 Å². The van der Waals surface area contributed by atoms with Crippen LogP contribution in [0.2, 0.25) is 0 Å². The second-order valence-electron chi connectivity index (χ2n) is 4.27. The molecule has 2 nitrogen and oxygen atoms in total. The Morgan fingerprint density at radius 1 is 1.42 bits per heavy atom. The number of aliphatic hydroxyl groups excluding tert-OH is 1. The normalized spacial score (nSPS) is 29.0. The van der Waals surface area contributed by atoms with Crippen molar-refractivity contribution in [3.8, 4) is 0 Å². The third kappa shape index (κ3) is 2.76. The van der Waals surface area contributed by atoms with Crippen molar-refractivity contribution < 1.29 is 5.11 Å². The predicted molar refractivity (Wildman–Crippen MR) is 51.0 cm³/mol. The molecule has 1 aliphatic rings. The molecule has 1 rings (SSSR count). The molecule has 72 valence electrons. The van der Waals surface area contributed by atoms with Gasteiger partial charge in [-0.25, -0.2) is 0 Å². The molecule has 1 fully saturated rings. The lowest BCUT2D eigenvalue weighted by Gasteiger charge is -2.38. The summed E-state index contributed by atoms with van der Waals surface area (Å²) in [4.78, 5) is 0. The summed E-state index contributed by atoms with van der Waals surface area (Å²) in [7, 11) is 0. The van der Waals surface area contributed by atoms with Gasteiger partial charge in [-0.15, -0.1) is 0 Å². The van der Waals surface area contributed by atoms with Crippen molar-refractivity contribution in [1.82, 2.24) is 5.32 Å². The molecule has 2 heteroatoms. The fraction of sp³-hybridized carbons (Fsp3) is 1.00. The SMILES string of the molecule is CC(C)C1CC(CNCCO)C1. The van der Waals surface area contributed by atoms with Crippen molar-refractivity contribution in [2.45, 2.75) is 26.7 Å². The van der Waals surface area contributed by atoms with Gasteiger partial charge in [0, 0.05) is 6.54 Å². The summed E-state index contributed by atoms with van der Waals surface area (Å²) in [5.41, 5.74) is 0. The molecule has 2 N–H and O–H groups in total. The van der Waals surface area contributed by atoms with Crippen molar-refractivity contribution in [3.63, 3.8) is 0 Å². The van der Waals surface area contributed by atoms with Gasteiger partial charge in [0.15, 0.2) is 0 Å². The maximum Gasteiger partial charge on any atom is 0.0555 e. The maximum atomic E-state index is 8.55. The highest BCUT2D eigenvalue weighted by Gasteiger charge is 2.30. The van der Waals surface area contributed by atoms with Crippen LogP contribution in [-0.2, 0) is 0 Å². The standard InChI is InChI=1S/C10H21NO/c1-8(2)10-5-9(6-10)7-11-3-4-12/h8-12H,3-7H2,1-2H3. The lowest BCUT2D eigenvalue weighted by Crippen LogP contribution is -2.36. The van der Waals surface area contributed by atoms with E-state index in [1.165, 1.54) is 12.8 Å². The lowest BCUT2D eigenvalue weighted by atomic mass is 9.69. The molecule has 12 heavy (non-hydrogen) atoms. The van der Waals surface area contributed by atoms with Crippen LogP contribution >= 0.6 is 0 Å². The third-order valence-corrected chi connectivity index (χ3v) is 2.94. The van der Waals surface area contributed by atoms with Crippen LogP contribution in [0, 0.1) is 17.8 Å². The van der Waals surface area contributed by atoms with E-state index in [2.05, 4.69) is 19.2 Å². The van der Waals surface area contributed by atoms with E-state index in [1.807, 2.05) is 0 Å². The third-order valence-electron chi connectivity index (χ3n) is 2.94. The van der Waals surface area contributed by atoms with E-state index in [0.29, 0.717) is 0 Å². The number of aliphatic hydroxyl groups is 1. The van der Waals surface area contributed by atoms with Gasteiger partial charge in [0.2, 0.25) is 0 Å². The summed E-state index contributed by atoms with van der Waals surface area (Å²) in [6, 6.07) is 0. The summed E-state index contributed by atoms with van der Waals surface area (Å²) in [6.45, 7) is 6.73. The summed E-state index contributed by atoms with van der Waals surface area (Å²) < 4.78 is 0. The van der Waals surface area contributed by atoms with E-state index in [4.69, 9.17) is 5.11 Å². The minimum atomic E-state index is 0.264. The van der Waals surface area contributed by atoms with E-state index >= 15 is 0 Å². The molecule has 0 atom stereocenters. The summed E-state index contributed by atoms with van der Waals surface area (Å²) in [5.74, 6) is 2.70. The van der Waals surface area contributed by atoms with Gasteiger partial charge in [0.25, 0.3) is 0 Å². The molecule has 0 aromatic heterocycles. The lowest BCUT2D eigenvalue weighted by molar-refractivity contribution is 0.137. The fourth-order valence-electron chi connectivity index (χ4n) is 1.88. The monoisotopic (exact) mass is 171 g/mol. The van der Waals surface area contributed by atoms with Crippen molar-refractivity contribution in [1.29, 1.82) is 0 Å². The van der Waals surface area contributed by atoms with E-state index < -0.39 is 0 Å². The van der Waals surface area contributed by atoms with Crippen LogP contribution in [0.4, 0.5) is 0 Å². The Morgan fingerprint density at radius 2 is 2.08 bits per heavy atom. The second-order valence-corrected chi connectivity index (χ2v) is 4.27. The zero-order valence-corrected chi connectivity index (χ0v) is 8.21. The quantitative estimate of drug-likeness (QED) is 0.610. The first-order chi connectivity index (χ1) is 5.74. The summed E-state index contributed by atoms with van der Waals surface area (Å²) in [5, 5.41) is 11.8. The van der Waals surface area contributed by atoms with Crippen LogP contribution in [0.5, 0.6) is 0 Å². The van der Waals surface area contributed by atoms with Gasteiger partial charge in [0.05, 0.1) is 6.61 Å². The van der Waals surface area contributed by atoms with Gasteiger partial charge in [0.1, 0.15) is 0 Å². The Balaban J connectivity index is 1.95. The largest absolute Gasteiger partial charge is 0.395 e. The van der Waals surface area contributed by atoms with Crippen LogP contribution in [-0.4, -0.2) is 24.8 Å². The van der Waals surface area contributed by atoms with Gasteiger partial charge in [-0.2, -0.15) is 0 Å². The zero-order valence-electron chi connectivity index (χ0n) is 8.21. The summed E-state index contributed by atoms with van der Waals surface area (Å²) >= 11 is 0. The maximum absolute atomic E-state index is 8.55. The molecule has 0 aromatic rings. The van der Waals surface area contributed by atoms with E-state index in [-0.39, 0.29) is 6.61 Å². The van der Waals surface area contributed by atoms with Gasteiger partial charge in [-0.3, -0.25) is 0 Å². The highest BCUT2D eigenvalue weighted by atomic mass is 16.3. The zero-order chi connectivity index (χ0) is 8.97. The number of hydrogen-bond acceptors (Lipinski definition) is 2. The fourth-order valence-corrected chi connectivity index (χ4v) is 1.88.